The van der Waals surface area contributed by atoms with Gasteiger partial charge in [-0.2, -0.15) is 0 Å². The lowest BCUT2D eigenvalue weighted by Crippen LogP contribution is -2.08. The van der Waals surface area contributed by atoms with Gasteiger partial charge in [0, 0.05) is 6.54 Å². The minimum atomic E-state index is 0.451. The zero-order chi connectivity index (χ0) is 21.6. The highest BCUT2D eigenvalue weighted by molar-refractivity contribution is 5.83. The van der Waals surface area contributed by atoms with Crippen molar-refractivity contribution >= 4 is 21.8 Å². The molecule has 0 fully saturated rings. The highest BCUT2D eigenvalue weighted by atomic mass is 16.5. The van der Waals surface area contributed by atoms with Crippen LogP contribution in [0.15, 0.2) is 97.1 Å². The first-order valence-electron chi connectivity index (χ1n) is 11.1. The predicted molar refractivity (Wildman–Crippen MR) is 129 cm³/mol. The van der Waals surface area contributed by atoms with Crippen LogP contribution in [0.25, 0.3) is 21.8 Å². The molecule has 0 spiro atoms. The van der Waals surface area contributed by atoms with Crippen molar-refractivity contribution in [3.8, 4) is 11.5 Å². The molecule has 0 N–H and O–H groups in total. The van der Waals surface area contributed by atoms with Crippen LogP contribution in [0.2, 0.25) is 0 Å². The quantitative estimate of drug-likeness (QED) is 0.250. The van der Waals surface area contributed by atoms with Gasteiger partial charge in [0.05, 0.1) is 17.6 Å². The number of aryl methyl sites for hydroxylation is 1. The second-order valence-corrected chi connectivity index (χ2v) is 7.83. The van der Waals surface area contributed by atoms with E-state index in [9.17, 15) is 0 Å². The summed E-state index contributed by atoms with van der Waals surface area (Å²) in [6, 6.07) is 32.8. The lowest BCUT2D eigenvalue weighted by Gasteiger charge is -2.11. The molecule has 1 aromatic heterocycles. The SMILES string of the molecule is c1ccc(OCc2nc3ccccc3n2CCCCOc2ccc3ccccc3c2)cc1. The Kier molecular flexibility index (Phi) is 6.02. The molecule has 160 valence electrons. The van der Waals surface area contributed by atoms with Crippen molar-refractivity contribution in [2.75, 3.05) is 6.61 Å². The topological polar surface area (TPSA) is 36.3 Å². The minimum absolute atomic E-state index is 0.451. The van der Waals surface area contributed by atoms with Crippen molar-refractivity contribution in [3.05, 3.63) is 103 Å². The van der Waals surface area contributed by atoms with Gasteiger partial charge >= 0.3 is 0 Å². The van der Waals surface area contributed by atoms with E-state index in [4.69, 9.17) is 14.5 Å². The largest absolute Gasteiger partial charge is 0.494 e. The summed E-state index contributed by atoms with van der Waals surface area (Å²) in [6.07, 6.45) is 1.98. The van der Waals surface area contributed by atoms with Crippen LogP contribution in [0, 0.1) is 0 Å². The summed E-state index contributed by atoms with van der Waals surface area (Å²) < 4.78 is 14.3. The van der Waals surface area contributed by atoms with E-state index in [1.807, 2.05) is 42.5 Å². The Hall–Kier alpha value is -3.79. The van der Waals surface area contributed by atoms with Crippen molar-refractivity contribution < 1.29 is 9.47 Å². The fourth-order valence-electron chi connectivity index (χ4n) is 3.97. The Morgan fingerprint density at radius 3 is 2.34 bits per heavy atom. The molecule has 0 aliphatic rings. The zero-order valence-electron chi connectivity index (χ0n) is 18.0. The molecular formula is C28H26N2O2. The third kappa shape index (κ3) is 4.59. The molecule has 0 radical (unpaired) electrons. The number of hydrogen-bond donors (Lipinski definition) is 0. The summed E-state index contributed by atoms with van der Waals surface area (Å²) in [6.45, 7) is 2.03. The Labute approximate surface area is 188 Å². The summed E-state index contributed by atoms with van der Waals surface area (Å²) in [7, 11) is 0. The lowest BCUT2D eigenvalue weighted by atomic mass is 10.1. The Bertz CT molecular complexity index is 1310. The maximum atomic E-state index is 6.01. The molecule has 0 aliphatic carbocycles. The molecule has 0 bridgehead atoms. The number of aromatic nitrogens is 2. The van der Waals surface area contributed by atoms with E-state index in [2.05, 4.69) is 59.2 Å². The van der Waals surface area contributed by atoms with Crippen LogP contribution in [0.1, 0.15) is 18.7 Å². The molecule has 0 aliphatic heterocycles. The van der Waals surface area contributed by atoms with Crippen LogP contribution in [0.5, 0.6) is 11.5 Å². The number of benzene rings is 4. The molecule has 4 aromatic carbocycles. The van der Waals surface area contributed by atoms with Crippen LogP contribution >= 0.6 is 0 Å². The van der Waals surface area contributed by atoms with E-state index in [0.29, 0.717) is 13.2 Å². The third-order valence-corrected chi connectivity index (χ3v) is 5.61. The molecule has 4 nitrogen and oxygen atoms in total. The fourth-order valence-corrected chi connectivity index (χ4v) is 3.97. The smallest absolute Gasteiger partial charge is 0.147 e. The third-order valence-electron chi connectivity index (χ3n) is 5.61. The molecule has 32 heavy (non-hydrogen) atoms. The molecule has 0 unspecified atom stereocenters. The number of hydrogen-bond acceptors (Lipinski definition) is 3. The maximum absolute atomic E-state index is 6.01. The van der Waals surface area contributed by atoms with Crippen molar-refractivity contribution in [2.45, 2.75) is 26.0 Å². The van der Waals surface area contributed by atoms with E-state index in [0.717, 1.165) is 47.7 Å². The first-order chi connectivity index (χ1) is 15.9. The number of unbranched alkanes of at least 4 members (excludes halogenated alkanes) is 1. The number of rotatable bonds is 9. The molecule has 0 amide bonds. The number of para-hydroxylation sites is 3. The van der Waals surface area contributed by atoms with E-state index < -0.39 is 0 Å². The molecule has 5 rings (SSSR count). The van der Waals surface area contributed by atoms with Crippen molar-refractivity contribution in [2.24, 2.45) is 0 Å². The number of nitrogens with zero attached hydrogens (tertiary/aromatic N) is 2. The molecule has 0 saturated heterocycles. The highest BCUT2D eigenvalue weighted by Gasteiger charge is 2.11. The minimum Gasteiger partial charge on any atom is -0.494 e. The summed E-state index contributed by atoms with van der Waals surface area (Å²) in [5.74, 6) is 2.73. The monoisotopic (exact) mass is 422 g/mol. The van der Waals surface area contributed by atoms with Crippen molar-refractivity contribution in [3.63, 3.8) is 0 Å². The Morgan fingerprint density at radius 1 is 0.656 bits per heavy atom. The molecule has 1 heterocycles. The van der Waals surface area contributed by atoms with Gasteiger partial charge in [0.15, 0.2) is 0 Å². The summed E-state index contributed by atoms with van der Waals surface area (Å²) in [5, 5.41) is 2.44. The lowest BCUT2D eigenvalue weighted by molar-refractivity contribution is 0.285. The summed E-state index contributed by atoms with van der Waals surface area (Å²) in [5.41, 5.74) is 2.15. The molecular weight excluding hydrogens is 396 g/mol. The van der Waals surface area contributed by atoms with E-state index in [1.54, 1.807) is 0 Å². The van der Waals surface area contributed by atoms with Crippen molar-refractivity contribution in [1.82, 2.24) is 9.55 Å². The standard InChI is InChI=1S/C28H26N2O2/c1-2-12-24(13-3-1)32-21-28-29-26-14-6-7-15-27(26)30(28)18-8-9-19-31-25-17-16-22-10-4-5-11-23(22)20-25/h1-7,10-17,20H,8-9,18-19,21H2. The van der Waals surface area contributed by atoms with Crippen LogP contribution in [0.4, 0.5) is 0 Å². The van der Waals surface area contributed by atoms with E-state index in [1.165, 1.54) is 10.8 Å². The number of fused-ring (bicyclic) bond motifs is 2. The van der Waals surface area contributed by atoms with Gasteiger partial charge in [0.1, 0.15) is 23.9 Å². The molecule has 5 aromatic rings. The second-order valence-electron chi connectivity index (χ2n) is 7.83. The van der Waals surface area contributed by atoms with Gasteiger partial charge in [-0.15, -0.1) is 0 Å². The summed E-state index contributed by atoms with van der Waals surface area (Å²) in [4.78, 5) is 4.81. The van der Waals surface area contributed by atoms with E-state index in [-0.39, 0.29) is 0 Å². The van der Waals surface area contributed by atoms with Gasteiger partial charge in [-0.25, -0.2) is 4.98 Å². The second kappa shape index (κ2) is 9.56. The number of ether oxygens (including phenoxy) is 2. The number of imidazole rings is 1. The fraction of sp³-hybridized carbons (Fsp3) is 0.179. The van der Waals surface area contributed by atoms with Crippen molar-refractivity contribution in [1.29, 1.82) is 0 Å². The van der Waals surface area contributed by atoms with Gasteiger partial charge in [-0.05, 0) is 60.0 Å². The highest BCUT2D eigenvalue weighted by Crippen LogP contribution is 2.22. The predicted octanol–water partition coefficient (Wildman–Crippen LogP) is 6.63. The van der Waals surface area contributed by atoms with Crippen LogP contribution in [0.3, 0.4) is 0 Å². The normalized spacial score (nSPS) is 11.1. The van der Waals surface area contributed by atoms with E-state index >= 15 is 0 Å². The van der Waals surface area contributed by atoms with Crippen LogP contribution < -0.4 is 9.47 Å². The Balaban J connectivity index is 1.20. The first-order valence-corrected chi connectivity index (χ1v) is 11.1. The molecule has 0 saturated carbocycles. The molecule has 4 heteroatoms. The molecule has 0 atom stereocenters. The Morgan fingerprint density at radius 2 is 1.44 bits per heavy atom. The summed E-state index contributed by atoms with van der Waals surface area (Å²) >= 11 is 0. The van der Waals surface area contributed by atoms with Crippen LogP contribution in [-0.2, 0) is 13.2 Å². The first kappa shape index (κ1) is 20.1. The maximum Gasteiger partial charge on any atom is 0.147 e. The van der Waals surface area contributed by atoms with Gasteiger partial charge in [-0.3, -0.25) is 0 Å². The van der Waals surface area contributed by atoms with Crippen LogP contribution in [-0.4, -0.2) is 16.2 Å². The van der Waals surface area contributed by atoms with Gasteiger partial charge in [0.25, 0.3) is 0 Å². The average molecular weight is 423 g/mol. The van der Waals surface area contributed by atoms with Gasteiger partial charge in [-0.1, -0.05) is 60.7 Å². The average Bonchev–Trinajstić information content (AvgIpc) is 3.20. The van der Waals surface area contributed by atoms with Gasteiger partial charge in [0.2, 0.25) is 0 Å². The zero-order valence-corrected chi connectivity index (χ0v) is 18.0. The van der Waals surface area contributed by atoms with Gasteiger partial charge < -0.3 is 14.0 Å².